The van der Waals surface area contributed by atoms with Crippen molar-refractivity contribution in [1.29, 1.82) is 0 Å². The van der Waals surface area contributed by atoms with Crippen molar-refractivity contribution in [2.45, 2.75) is 24.8 Å². The molecular weight excluding hydrogens is 468 g/mol. The molecule has 6 rings (SSSR count). The number of carbonyl (C=O) groups excluding carboxylic acids is 1. The molecule has 0 amide bonds. The Balaban J connectivity index is 1.22. The number of hydrogen-bond acceptors (Lipinski definition) is 6. The van der Waals surface area contributed by atoms with Gasteiger partial charge in [0.2, 0.25) is 0 Å². The molecular formula is C27H23F2N3O2S. The molecule has 3 heterocycles. The van der Waals surface area contributed by atoms with Crippen LogP contribution in [-0.4, -0.2) is 41.0 Å². The molecule has 5 nitrogen and oxygen atoms in total. The smallest absolute Gasteiger partial charge is 0.311 e. The standard InChI is InChI=1S/C27H23F2N3O2S/c1-34-26(33)17-14-32(15-17)13-16-2-7-20(21(29)12-16)24-30-22-8-9-23(31-25(22)35-24)27(10-11-27)18-3-5-19(28)6-4-18/h2-9,12,17H,10-11,13-15H2,1H3. The van der Waals surface area contributed by atoms with Crippen LogP contribution >= 0.6 is 11.3 Å². The van der Waals surface area contributed by atoms with Crippen LogP contribution in [0.2, 0.25) is 0 Å². The van der Waals surface area contributed by atoms with Gasteiger partial charge in [0.1, 0.15) is 27.0 Å². The number of rotatable bonds is 6. The summed E-state index contributed by atoms with van der Waals surface area (Å²) >= 11 is 1.38. The molecule has 0 N–H and O–H groups in total. The Morgan fingerprint density at radius 3 is 2.54 bits per heavy atom. The number of halogens is 2. The quantitative estimate of drug-likeness (QED) is 0.342. The van der Waals surface area contributed by atoms with Crippen LogP contribution in [-0.2, 0) is 21.5 Å². The first-order chi connectivity index (χ1) is 16.9. The number of ether oxygens (including phenoxy) is 1. The lowest BCUT2D eigenvalue weighted by Crippen LogP contribution is -2.49. The van der Waals surface area contributed by atoms with E-state index in [2.05, 4.69) is 9.88 Å². The number of hydrogen-bond donors (Lipinski definition) is 0. The summed E-state index contributed by atoms with van der Waals surface area (Å²) in [5, 5.41) is 0.593. The van der Waals surface area contributed by atoms with E-state index in [1.165, 1.54) is 30.6 Å². The van der Waals surface area contributed by atoms with Gasteiger partial charge in [-0.15, -0.1) is 0 Å². The fourth-order valence-electron chi connectivity index (χ4n) is 4.89. The van der Waals surface area contributed by atoms with Crippen LogP contribution in [0, 0.1) is 17.6 Å². The predicted octanol–water partition coefficient (Wildman–Crippen LogP) is 5.32. The Hall–Kier alpha value is -3.23. The Morgan fingerprint density at radius 2 is 1.86 bits per heavy atom. The maximum Gasteiger partial charge on any atom is 0.311 e. The Morgan fingerprint density at radius 1 is 1.09 bits per heavy atom. The van der Waals surface area contributed by atoms with Crippen LogP contribution < -0.4 is 0 Å². The molecule has 35 heavy (non-hydrogen) atoms. The van der Waals surface area contributed by atoms with Gasteiger partial charge in [-0.1, -0.05) is 29.5 Å². The van der Waals surface area contributed by atoms with Crippen LogP contribution in [0.25, 0.3) is 20.9 Å². The van der Waals surface area contributed by atoms with E-state index in [1.807, 2.05) is 30.3 Å². The van der Waals surface area contributed by atoms with E-state index in [-0.39, 0.29) is 28.9 Å². The highest BCUT2D eigenvalue weighted by atomic mass is 32.1. The van der Waals surface area contributed by atoms with Crippen molar-refractivity contribution in [1.82, 2.24) is 14.9 Å². The van der Waals surface area contributed by atoms with Crippen LogP contribution in [0.5, 0.6) is 0 Å². The molecule has 1 saturated heterocycles. The average Bonchev–Trinajstić information content (AvgIpc) is 3.53. The van der Waals surface area contributed by atoms with E-state index in [1.54, 1.807) is 12.1 Å². The van der Waals surface area contributed by atoms with Gasteiger partial charge in [0.05, 0.1) is 18.7 Å². The number of aromatic nitrogens is 2. The summed E-state index contributed by atoms with van der Waals surface area (Å²) < 4.78 is 33.2. The summed E-state index contributed by atoms with van der Waals surface area (Å²) in [6, 6.07) is 15.8. The maximum absolute atomic E-state index is 15.1. The molecule has 2 aromatic carbocycles. The summed E-state index contributed by atoms with van der Waals surface area (Å²) in [6.45, 7) is 1.84. The SMILES string of the molecule is COC(=O)C1CN(Cc2ccc(-c3nc4ccc(C5(c6ccc(F)cc6)CC5)nc4s3)c(F)c2)C1. The number of carbonyl (C=O) groups is 1. The molecule has 0 spiro atoms. The monoisotopic (exact) mass is 491 g/mol. The number of nitrogens with zero attached hydrogens (tertiary/aromatic N) is 3. The molecule has 8 heteroatoms. The van der Waals surface area contributed by atoms with Crippen molar-refractivity contribution in [3.63, 3.8) is 0 Å². The normalized spacial score (nSPS) is 17.3. The number of esters is 1. The lowest BCUT2D eigenvalue weighted by Gasteiger charge is -2.37. The highest BCUT2D eigenvalue weighted by Crippen LogP contribution is 2.53. The van der Waals surface area contributed by atoms with E-state index >= 15 is 4.39 Å². The molecule has 1 aliphatic carbocycles. The molecule has 178 valence electrons. The van der Waals surface area contributed by atoms with Gasteiger partial charge in [0.25, 0.3) is 0 Å². The topological polar surface area (TPSA) is 55.3 Å². The second-order valence-corrected chi connectivity index (χ2v) is 10.3. The van der Waals surface area contributed by atoms with E-state index in [4.69, 9.17) is 9.72 Å². The minimum atomic E-state index is -0.322. The molecule has 1 saturated carbocycles. The van der Waals surface area contributed by atoms with E-state index < -0.39 is 0 Å². The number of fused-ring (bicyclic) bond motifs is 1. The molecule has 2 fully saturated rings. The molecule has 1 aliphatic heterocycles. The second-order valence-electron chi connectivity index (χ2n) is 9.36. The van der Waals surface area contributed by atoms with E-state index in [0.717, 1.165) is 40.0 Å². The summed E-state index contributed by atoms with van der Waals surface area (Å²) in [5.41, 5.74) is 3.88. The number of benzene rings is 2. The van der Waals surface area contributed by atoms with Crippen LogP contribution in [0.1, 0.15) is 29.7 Å². The van der Waals surface area contributed by atoms with Gasteiger partial charge >= 0.3 is 5.97 Å². The van der Waals surface area contributed by atoms with Gasteiger partial charge in [-0.3, -0.25) is 9.69 Å². The Labute approximate surface area is 205 Å². The zero-order chi connectivity index (χ0) is 24.2. The van der Waals surface area contributed by atoms with Crippen molar-refractivity contribution < 1.29 is 18.3 Å². The highest BCUT2D eigenvalue weighted by Gasteiger charge is 2.47. The van der Waals surface area contributed by atoms with E-state index in [0.29, 0.717) is 30.2 Å². The first-order valence-electron chi connectivity index (χ1n) is 11.6. The van der Waals surface area contributed by atoms with Crippen LogP contribution in [0.15, 0.2) is 54.6 Å². The summed E-state index contributed by atoms with van der Waals surface area (Å²) in [5.74, 6) is -0.858. The van der Waals surface area contributed by atoms with Gasteiger partial charge in [0, 0.05) is 30.6 Å². The average molecular weight is 492 g/mol. The first-order valence-corrected chi connectivity index (χ1v) is 12.4. The summed E-state index contributed by atoms with van der Waals surface area (Å²) in [4.78, 5) is 23.9. The third-order valence-corrected chi connectivity index (χ3v) is 8.05. The van der Waals surface area contributed by atoms with Gasteiger partial charge in [-0.05, 0) is 60.4 Å². The zero-order valence-corrected chi connectivity index (χ0v) is 19.9. The minimum Gasteiger partial charge on any atom is -0.469 e. The van der Waals surface area contributed by atoms with Crippen molar-refractivity contribution in [2.24, 2.45) is 5.92 Å². The van der Waals surface area contributed by atoms with Gasteiger partial charge in [-0.2, -0.15) is 0 Å². The third-order valence-electron chi connectivity index (χ3n) is 7.05. The Bertz CT molecular complexity index is 1430. The van der Waals surface area contributed by atoms with Crippen LogP contribution in [0.4, 0.5) is 8.78 Å². The van der Waals surface area contributed by atoms with Crippen molar-refractivity contribution in [2.75, 3.05) is 20.2 Å². The number of methoxy groups -OCH3 is 1. The van der Waals surface area contributed by atoms with Crippen LogP contribution in [0.3, 0.4) is 0 Å². The summed E-state index contributed by atoms with van der Waals surface area (Å²) in [7, 11) is 1.40. The molecule has 2 aromatic heterocycles. The second kappa shape index (κ2) is 8.46. The zero-order valence-electron chi connectivity index (χ0n) is 19.1. The molecule has 2 aliphatic rings. The number of pyridine rings is 1. The fraction of sp³-hybridized carbons (Fsp3) is 0.296. The molecule has 0 radical (unpaired) electrons. The minimum absolute atomic E-state index is 0.0953. The van der Waals surface area contributed by atoms with Crippen molar-refractivity contribution in [3.8, 4) is 10.6 Å². The Kier molecular flexibility index (Phi) is 5.38. The van der Waals surface area contributed by atoms with Crippen molar-refractivity contribution >= 4 is 27.7 Å². The van der Waals surface area contributed by atoms with Gasteiger partial charge < -0.3 is 4.74 Å². The maximum atomic E-state index is 15.1. The molecule has 4 aromatic rings. The lowest BCUT2D eigenvalue weighted by molar-refractivity contribution is -0.151. The largest absolute Gasteiger partial charge is 0.469 e. The molecule has 0 bridgehead atoms. The molecule has 0 unspecified atom stereocenters. The molecule has 0 atom stereocenters. The summed E-state index contributed by atoms with van der Waals surface area (Å²) in [6.07, 6.45) is 1.94. The highest BCUT2D eigenvalue weighted by molar-refractivity contribution is 7.21. The number of thiazole rings is 1. The lowest BCUT2D eigenvalue weighted by atomic mass is 9.92. The van der Waals surface area contributed by atoms with Crippen molar-refractivity contribution in [3.05, 3.63) is 83.1 Å². The van der Waals surface area contributed by atoms with Gasteiger partial charge in [-0.25, -0.2) is 18.7 Å². The predicted molar refractivity (Wildman–Crippen MR) is 130 cm³/mol. The fourth-order valence-corrected chi connectivity index (χ4v) is 5.85. The van der Waals surface area contributed by atoms with Gasteiger partial charge in [0.15, 0.2) is 0 Å². The number of likely N-dealkylation sites (tertiary alicyclic amines) is 1. The first kappa shape index (κ1) is 22.2. The van der Waals surface area contributed by atoms with E-state index in [9.17, 15) is 9.18 Å². The third kappa shape index (κ3) is 4.00.